The van der Waals surface area contributed by atoms with E-state index in [4.69, 9.17) is 11.6 Å². The van der Waals surface area contributed by atoms with Crippen LogP contribution in [-0.4, -0.2) is 24.5 Å². The number of nitrogens with zero attached hydrogens (tertiary/aromatic N) is 1. The van der Waals surface area contributed by atoms with Crippen molar-refractivity contribution in [3.8, 4) is 0 Å². The van der Waals surface area contributed by atoms with Crippen LogP contribution in [-0.2, 0) is 4.74 Å². The number of hydrogen-bond acceptors (Lipinski definition) is 3. The molecule has 1 heterocycles. The smallest absolute Gasteiger partial charge is 0.208 e. The lowest BCUT2D eigenvalue weighted by Crippen LogP contribution is -2.09. The molecule has 0 N–H and O–H groups in total. The predicted octanol–water partition coefficient (Wildman–Crippen LogP) is 1.56. The third-order valence-electron chi connectivity index (χ3n) is 1.30. The summed E-state index contributed by atoms with van der Waals surface area (Å²) < 4.78 is 4.66. The summed E-state index contributed by atoms with van der Waals surface area (Å²) in [7, 11) is 1.45. The minimum absolute atomic E-state index is 0.0106. The van der Waals surface area contributed by atoms with E-state index in [0.717, 1.165) is 0 Å². The zero-order chi connectivity index (χ0) is 8.97. The van der Waals surface area contributed by atoms with Crippen LogP contribution in [0.2, 0.25) is 5.02 Å². The molecule has 0 unspecified atom stereocenters. The fraction of sp³-hybridized carbons (Fsp3) is 0.250. The van der Waals surface area contributed by atoms with Crippen molar-refractivity contribution in [3.63, 3.8) is 0 Å². The van der Waals surface area contributed by atoms with Crippen LogP contribution in [0.15, 0.2) is 18.3 Å². The standard InChI is InChI=1S/C8H8ClNO2/c1-12-5-7(11)8-6(9)3-2-4-10-8/h2-4H,5H2,1H3. The van der Waals surface area contributed by atoms with Gasteiger partial charge in [0.25, 0.3) is 0 Å². The number of ether oxygens (including phenoxy) is 1. The van der Waals surface area contributed by atoms with Gasteiger partial charge in [0.05, 0.1) is 5.02 Å². The first-order valence-electron chi connectivity index (χ1n) is 3.38. The fourth-order valence-corrected chi connectivity index (χ4v) is 1.02. The first kappa shape index (κ1) is 9.16. The van der Waals surface area contributed by atoms with Crippen molar-refractivity contribution in [1.29, 1.82) is 0 Å². The van der Waals surface area contributed by atoms with Crippen molar-refractivity contribution in [3.05, 3.63) is 29.0 Å². The molecule has 1 rings (SSSR count). The second kappa shape index (κ2) is 4.18. The van der Waals surface area contributed by atoms with Crippen molar-refractivity contribution in [1.82, 2.24) is 4.98 Å². The van der Waals surface area contributed by atoms with E-state index < -0.39 is 0 Å². The molecule has 0 radical (unpaired) electrons. The Morgan fingerprint density at radius 3 is 3.08 bits per heavy atom. The van der Waals surface area contributed by atoms with Gasteiger partial charge in [0.1, 0.15) is 12.3 Å². The van der Waals surface area contributed by atoms with Gasteiger partial charge < -0.3 is 4.74 Å². The Morgan fingerprint density at radius 2 is 2.50 bits per heavy atom. The van der Waals surface area contributed by atoms with Gasteiger partial charge in [-0.3, -0.25) is 9.78 Å². The maximum atomic E-state index is 11.2. The van der Waals surface area contributed by atoms with Gasteiger partial charge >= 0.3 is 0 Å². The summed E-state index contributed by atoms with van der Waals surface area (Å²) in [6.07, 6.45) is 1.52. The largest absolute Gasteiger partial charge is 0.376 e. The summed E-state index contributed by atoms with van der Waals surface area (Å²) in [5, 5.41) is 0.361. The third-order valence-corrected chi connectivity index (χ3v) is 1.60. The summed E-state index contributed by atoms with van der Waals surface area (Å²) in [6, 6.07) is 3.30. The molecule has 12 heavy (non-hydrogen) atoms. The molecule has 64 valence electrons. The molecule has 0 atom stereocenters. The summed E-state index contributed by atoms with van der Waals surface area (Å²) in [5.41, 5.74) is 0.265. The number of rotatable bonds is 3. The maximum absolute atomic E-state index is 11.2. The van der Waals surface area contributed by atoms with E-state index in [1.807, 2.05) is 0 Å². The van der Waals surface area contributed by atoms with E-state index in [1.54, 1.807) is 12.1 Å². The minimum Gasteiger partial charge on any atom is -0.376 e. The molecule has 1 aromatic rings. The Hall–Kier alpha value is -0.930. The SMILES string of the molecule is COCC(=O)c1ncccc1Cl. The average Bonchev–Trinajstić information content (AvgIpc) is 2.05. The Labute approximate surface area is 75.3 Å². The maximum Gasteiger partial charge on any atom is 0.208 e. The van der Waals surface area contributed by atoms with Crippen LogP contribution in [0.1, 0.15) is 10.5 Å². The molecule has 0 amide bonds. The van der Waals surface area contributed by atoms with Crippen LogP contribution in [0.3, 0.4) is 0 Å². The number of methoxy groups -OCH3 is 1. The normalized spacial score (nSPS) is 9.83. The summed E-state index contributed by atoms with van der Waals surface area (Å²) in [4.78, 5) is 15.0. The molecular formula is C8H8ClNO2. The highest BCUT2D eigenvalue weighted by molar-refractivity contribution is 6.33. The van der Waals surface area contributed by atoms with Gasteiger partial charge in [-0.05, 0) is 12.1 Å². The van der Waals surface area contributed by atoms with Gasteiger partial charge in [0, 0.05) is 13.3 Å². The van der Waals surface area contributed by atoms with E-state index >= 15 is 0 Å². The number of carbonyl (C=O) groups excluding carboxylic acids is 1. The van der Waals surface area contributed by atoms with Crippen molar-refractivity contribution in [2.45, 2.75) is 0 Å². The highest BCUT2D eigenvalue weighted by atomic mass is 35.5. The van der Waals surface area contributed by atoms with Crippen molar-refractivity contribution in [2.24, 2.45) is 0 Å². The van der Waals surface area contributed by atoms with Crippen LogP contribution in [0.5, 0.6) is 0 Å². The Kier molecular flexibility index (Phi) is 3.19. The van der Waals surface area contributed by atoms with Gasteiger partial charge in [-0.25, -0.2) is 0 Å². The van der Waals surface area contributed by atoms with Gasteiger partial charge in [-0.1, -0.05) is 11.6 Å². The number of ketones is 1. The molecule has 0 fully saturated rings. The van der Waals surface area contributed by atoms with Crippen LogP contribution in [0.4, 0.5) is 0 Å². The Balaban J connectivity index is 2.87. The quantitative estimate of drug-likeness (QED) is 0.671. The molecule has 0 aliphatic rings. The molecule has 3 nitrogen and oxygen atoms in total. The van der Waals surface area contributed by atoms with Crippen LogP contribution in [0.25, 0.3) is 0 Å². The number of hydrogen-bond donors (Lipinski definition) is 0. The molecule has 0 saturated carbocycles. The molecule has 1 aromatic heterocycles. The molecule has 0 bridgehead atoms. The second-order valence-electron chi connectivity index (χ2n) is 2.19. The highest BCUT2D eigenvalue weighted by Gasteiger charge is 2.09. The van der Waals surface area contributed by atoms with Crippen LogP contribution in [0, 0.1) is 0 Å². The molecule has 0 saturated heterocycles. The minimum atomic E-state index is -0.205. The van der Waals surface area contributed by atoms with Crippen molar-refractivity contribution in [2.75, 3.05) is 13.7 Å². The number of aromatic nitrogens is 1. The summed E-state index contributed by atoms with van der Waals surface area (Å²) >= 11 is 5.72. The lowest BCUT2D eigenvalue weighted by atomic mass is 10.2. The number of pyridine rings is 1. The first-order chi connectivity index (χ1) is 5.75. The van der Waals surface area contributed by atoms with Crippen LogP contribution < -0.4 is 0 Å². The van der Waals surface area contributed by atoms with Gasteiger partial charge in [-0.2, -0.15) is 0 Å². The molecular weight excluding hydrogens is 178 g/mol. The Bertz CT molecular complexity index is 288. The first-order valence-corrected chi connectivity index (χ1v) is 3.76. The summed E-state index contributed by atoms with van der Waals surface area (Å²) in [5.74, 6) is -0.205. The number of Topliss-reactive ketones (excluding diaryl/α,β-unsaturated/α-hetero) is 1. The van der Waals surface area contributed by atoms with E-state index in [0.29, 0.717) is 5.02 Å². The van der Waals surface area contributed by atoms with Gasteiger partial charge in [0.15, 0.2) is 0 Å². The van der Waals surface area contributed by atoms with Crippen molar-refractivity contribution < 1.29 is 9.53 Å². The number of carbonyl (C=O) groups is 1. The lowest BCUT2D eigenvalue weighted by Gasteiger charge is -1.99. The molecule has 0 aliphatic heterocycles. The second-order valence-corrected chi connectivity index (χ2v) is 2.60. The molecule has 0 spiro atoms. The zero-order valence-electron chi connectivity index (χ0n) is 6.58. The lowest BCUT2D eigenvalue weighted by molar-refractivity contribution is 0.0843. The summed E-state index contributed by atoms with van der Waals surface area (Å²) in [6.45, 7) is 0.0106. The Morgan fingerprint density at radius 1 is 1.75 bits per heavy atom. The van der Waals surface area contributed by atoms with E-state index in [2.05, 4.69) is 9.72 Å². The van der Waals surface area contributed by atoms with E-state index in [-0.39, 0.29) is 18.1 Å². The molecule has 0 aliphatic carbocycles. The van der Waals surface area contributed by atoms with E-state index in [9.17, 15) is 4.79 Å². The average molecular weight is 186 g/mol. The van der Waals surface area contributed by atoms with Gasteiger partial charge in [0.2, 0.25) is 5.78 Å². The van der Waals surface area contributed by atoms with Crippen LogP contribution >= 0.6 is 11.6 Å². The van der Waals surface area contributed by atoms with E-state index in [1.165, 1.54) is 13.3 Å². The van der Waals surface area contributed by atoms with Crippen molar-refractivity contribution >= 4 is 17.4 Å². The highest BCUT2D eigenvalue weighted by Crippen LogP contribution is 2.12. The molecule has 0 aromatic carbocycles. The number of halogens is 1. The predicted molar refractivity (Wildman–Crippen MR) is 45.5 cm³/mol. The topological polar surface area (TPSA) is 39.2 Å². The third kappa shape index (κ3) is 2.03. The molecule has 4 heteroatoms. The fourth-order valence-electron chi connectivity index (χ4n) is 0.790. The zero-order valence-corrected chi connectivity index (χ0v) is 7.34. The van der Waals surface area contributed by atoms with Gasteiger partial charge in [-0.15, -0.1) is 0 Å². The monoisotopic (exact) mass is 185 g/mol.